The van der Waals surface area contributed by atoms with E-state index in [4.69, 9.17) is 4.74 Å². The lowest BCUT2D eigenvalue weighted by Gasteiger charge is -1.94. The number of thiazole rings is 1. The standard InChI is InChI=1S/C13H15N3OS/c1-16-11-4-2-3-5-12(11)18-13(16)15-14-8-10-6-7-17-9-10/h2-5,8,10H,6-7,9H2,1H3/b14-8+,15-13-. The summed E-state index contributed by atoms with van der Waals surface area (Å²) in [6, 6.07) is 8.28. The molecule has 2 heterocycles. The third kappa shape index (κ3) is 2.23. The highest BCUT2D eigenvalue weighted by molar-refractivity contribution is 7.16. The van der Waals surface area contributed by atoms with E-state index in [1.807, 2.05) is 25.4 Å². The first-order chi connectivity index (χ1) is 8.84. The fourth-order valence-electron chi connectivity index (χ4n) is 2.03. The average molecular weight is 261 g/mol. The molecule has 0 saturated carbocycles. The number of nitrogens with zero attached hydrogens (tertiary/aromatic N) is 3. The summed E-state index contributed by atoms with van der Waals surface area (Å²) in [4.78, 5) is 0.923. The zero-order valence-electron chi connectivity index (χ0n) is 10.2. The van der Waals surface area contributed by atoms with Crippen LogP contribution < -0.4 is 4.80 Å². The van der Waals surface area contributed by atoms with Crippen molar-refractivity contribution in [3.63, 3.8) is 0 Å². The number of fused-ring (bicyclic) bond motifs is 1. The SMILES string of the molecule is Cn1/c(=N/N=C/C2CCOC2)sc2ccccc21. The lowest BCUT2D eigenvalue weighted by molar-refractivity contribution is 0.193. The fourth-order valence-corrected chi connectivity index (χ4v) is 3.00. The Hall–Kier alpha value is -1.46. The van der Waals surface area contributed by atoms with E-state index in [-0.39, 0.29) is 0 Å². The van der Waals surface area contributed by atoms with Crippen molar-refractivity contribution in [2.24, 2.45) is 23.2 Å². The van der Waals surface area contributed by atoms with Gasteiger partial charge in [0, 0.05) is 25.8 Å². The second-order valence-corrected chi connectivity index (χ2v) is 5.41. The van der Waals surface area contributed by atoms with Gasteiger partial charge in [-0.1, -0.05) is 23.5 Å². The van der Waals surface area contributed by atoms with Crippen molar-refractivity contribution in [1.29, 1.82) is 0 Å². The molecule has 0 amide bonds. The van der Waals surface area contributed by atoms with Gasteiger partial charge in [0.15, 0.2) is 0 Å². The molecule has 1 aliphatic rings. The van der Waals surface area contributed by atoms with Crippen molar-refractivity contribution in [2.75, 3.05) is 13.2 Å². The molecule has 0 aliphatic carbocycles. The predicted octanol–water partition coefficient (Wildman–Crippen LogP) is 2.16. The van der Waals surface area contributed by atoms with E-state index < -0.39 is 0 Å². The number of rotatable bonds is 2. The molecule has 1 atom stereocenters. The van der Waals surface area contributed by atoms with E-state index in [1.165, 1.54) is 10.2 Å². The molecule has 1 fully saturated rings. The van der Waals surface area contributed by atoms with Crippen molar-refractivity contribution < 1.29 is 4.74 Å². The topological polar surface area (TPSA) is 38.9 Å². The van der Waals surface area contributed by atoms with Crippen LogP contribution >= 0.6 is 11.3 Å². The van der Waals surface area contributed by atoms with Crippen LogP contribution in [0.4, 0.5) is 0 Å². The van der Waals surface area contributed by atoms with Crippen LogP contribution in [0.2, 0.25) is 0 Å². The lowest BCUT2D eigenvalue weighted by Crippen LogP contribution is -2.09. The van der Waals surface area contributed by atoms with Crippen LogP contribution in [-0.4, -0.2) is 24.0 Å². The van der Waals surface area contributed by atoms with E-state index in [0.717, 1.165) is 24.4 Å². The van der Waals surface area contributed by atoms with Gasteiger partial charge in [-0.15, -0.1) is 5.10 Å². The smallest absolute Gasteiger partial charge is 0.211 e. The van der Waals surface area contributed by atoms with Gasteiger partial charge in [-0.2, -0.15) is 5.10 Å². The first-order valence-electron chi connectivity index (χ1n) is 6.04. The Bertz CT molecular complexity index is 635. The molecule has 94 valence electrons. The second kappa shape index (κ2) is 5.04. The quantitative estimate of drug-likeness (QED) is 0.603. The molecule has 2 aromatic rings. The van der Waals surface area contributed by atoms with Gasteiger partial charge in [0.2, 0.25) is 4.80 Å². The Labute approximate surface area is 109 Å². The molecule has 1 unspecified atom stereocenters. The number of hydrogen-bond acceptors (Lipinski definition) is 4. The van der Waals surface area contributed by atoms with E-state index in [2.05, 4.69) is 26.9 Å². The minimum atomic E-state index is 0.424. The average Bonchev–Trinajstić information content (AvgIpc) is 3.00. The largest absolute Gasteiger partial charge is 0.381 e. The van der Waals surface area contributed by atoms with Gasteiger partial charge in [-0.05, 0) is 18.6 Å². The van der Waals surface area contributed by atoms with Crippen molar-refractivity contribution >= 4 is 27.8 Å². The van der Waals surface area contributed by atoms with Gasteiger partial charge in [0.05, 0.1) is 16.8 Å². The molecule has 0 radical (unpaired) electrons. The van der Waals surface area contributed by atoms with Gasteiger partial charge < -0.3 is 9.30 Å². The zero-order chi connectivity index (χ0) is 12.4. The Morgan fingerprint density at radius 1 is 1.44 bits per heavy atom. The molecule has 1 aliphatic heterocycles. The summed E-state index contributed by atoms with van der Waals surface area (Å²) in [5.74, 6) is 0.424. The monoisotopic (exact) mass is 261 g/mol. The molecular formula is C13H15N3OS. The van der Waals surface area contributed by atoms with Gasteiger partial charge in [-0.3, -0.25) is 0 Å². The number of para-hydroxylation sites is 1. The zero-order valence-corrected chi connectivity index (χ0v) is 11.1. The van der Waals surface area contributed by atoms with Crippen LogP contribution in [0.5, 0.6) is 0 Å². The van der Waals surface area contributed by atoms with Crippen LogP contribution in [0.3, 0.4) is 0 Å². The van der Waals surface area contributed by atoms with Crippen LogP contribution in [0, 0.1) is 5.92 Å². The lowest BCUT2D eigenvalue weighted by atomic mass is 10.1. The molecule has 5 heteroatoms. The van der Waals surface area contributed by atoms with Gasteiger partial charge in [0.25, 0.3) is 0 Å². The predicted molar refractivity (Wildman–Crippen MR) is 73.8 cm³/mol. The number of ether oxygens (including phenoxy) is 1. The molecular weight excluding hydrogens is 246 g/mol. The summed E-state index contributed by atoms with van der Waals surface area (Å²) in [5, 5.41) is 8.49. The Morgan fingerprint density at radius 3 is 3.11 bits per heavy atom. The molecule has 18 heavy (non-hydrogen) atoms. The van der Waals surface area contributed by atoms with E-state index in [0.29, 0.717) is 5.92 Å². The normalized spacial score (nSPS) is 21.4. The molecule has 1 aromatic heterocycles. The summed E-state index contributed by atoms with van der Waals surface area (Å²) in [5.41, 5.74) is 1.20. The van der Waals surface area contributed by atoms with E-state index in [1.54, 1.807) is 11.3 Å². The maximum absolute atomic E-state index is 5.30. The molecule has 0 bridgehead atoms. The van der Waals surface area contributed by atoms with E-state index in [9.17, 15) is 0 Å². The van der Waals surface area contributed by atoms with Crippen molar-refractivity contribution in [3.8, 4) is 0 Å². The van der Waals surface area contributed by atoms with Crippen LogP contribution in [0.25, 0.3) is 10.2 Å². The van der Waals surface area contributed by atoms with Crippen LogP contribution in [0.1, 0.15) is 6.42 Å². The Morgan fingerprint density at radius 2 is 2.33 bits per heavy atom. The number of aryl methyl sites for hydroxylation is 1. The fraction of sp³-hybridized carbons (Fsp3) is 0.385. The minimum absolute atomic E-state index is 0.424. The van der Waals surface area contributed by atoms with Gasteiger partial charge >= 0.3 is 0 Å². The molecule has 1 aromatic carbocycles. The number of hydrogen-bond donors (Lipinski definition) is 0. The molecule has 3 rings (SSSR count). The number of benzene rings is 1. The highest BCUT2D eigenvalue weighted by Gasteiger charge is 2.12. The highest BCUT2D eigenvalue weighted by Crippen LogP contribution is 2.15. The van der Waals surface area contributed by atoms with Crippen LogP contribution in [-0.2, 0) is 11.8 Å². The summed E-state index contributed by atoms with van der Waals surface area (Å²) < 4.78 is 8.60. The van der Waals surface area contributed by atoms with Gasteiger partial charge in [0.1, 0.15) is 0 Å². The first-order valence-corrected chi connectivity index (χ1v) is 6.86. The first kappa shape index (κ1) is 11.6. The third-order valence-corrected chi connectivity index (χ3v) is 4.20. The Balaban J connectivity index is 1.91. The molecule has 0 spiro atoms. The van der Waals surface area contributed by atoms with Crippen molar-refractivity contribution in [1.82, 2.24) is 4.57 Å². The second-order valence-electron chi connectivity index (χ2n) is 4.40. The van der Waals surface area contributed by atoms with Crippen LogP contribution in [0.15, 0.2) is 34.5 Å². The minimum Gasteiger partial charge on any atom is -0.381 e. The molecule has 1 saturated heterocycles. The number of aromatic nitrogens is 1. The third-order valence-electron chi connectivity index (χ3n) is 3.10. The Kier molecular flexibility index (Phi) is 3.25. The summed E-state index contributed by atoms with van der Waals surface area (Å²) in [6.45, 7) is 1.62. The maximum Gasteiger partial charge on any atom is 0.211 e. The summed E-state index contributed by atoms with van der Waals surface area (Å²) >= 11 is 1.66. The van der Waals surface area contributed by atoms with E-state index >= 15 is 0 Å². The molecule has 0 N–H and O–H groups in total. The van der Waals surface area contributed by atoms with Crippen molar-refractivity contribution in [2.45, 2.75) is 6.42 Å². The maximum atomic E-state index is 5.30. The summed E-state index contributed by atoms with van der Waals surface area (Å²) in [7, 11) is 2.02. The highest BCUT2D eigenvalue weighted by atomic mass is 32.1. The van der Waals surface area contributed by atoms with Crippen molar-refractivity contribution in [3.05, 3.63) is 29.1 Å². The summed E-state index contributed by atoms with van der Waals surface area (Å²) in [6.07, 6.45) is 2.95. The van der Waals surface area contributed by atoms with Gasteiger partial charge in [-0.25, -0.2) is 0 Å². The molecule has 4 nitrogen and oxygen atoms in total.